The van der Waals surface area contributed by atoms with E-state index in [4.69, 9.17) is 23.2 Å². The predicted molar refractivity (Wildman–Crippen MR) is 112 cm³/mol. The molecule has 0 fully saturated rings. The summed E-state index contributed by atoms with van der Waals surface area (Å²) in [6.45, 7) is 2.09. The first-order chi connectivity index (χ1) is 12.9. The highest BCUT2D eigenvalue weighted by molar-refractivity contribution is 7.99. The van der Waals surface area contributed by atoms with Gasteiger partial charge in [-0.2, -0.15) is 0 Å². The Morgan fingerprint density at radius 3 is 2.15 bits per heavy atom. The van der Waals surface area contributed by atoms with Gasteiger partial charge in [-0.15, -0.1) is 11.8 Å². The molecular weight excluding hydrogens is 403 g/mol. The molecule has 0 aliphatic carbocycles. The fraction of sp³-hybridized carbons (Fsp3) is 0.300. The second-order valence-corrected chi connectivity index (χ2v) is 8.03. The lowest BCUT2D eigenvalue weighted by Crippen LogP contribution is -2.46. The molecule has 4 nitrogen and oxygen atoms in total. The Hall–Kier alpha value is -1.69. The summed E-state index contributed by atoms with van der Waals surface area (Å²) in [7, 11) is 1.57. The van der Waals surface area contributed by atoms with Crippen molar-refractivity contribution in [3.05, 3.63) is 64.1 Å². The maximum absolute atomic E-state index is 12.8. The van der Waals surface area contributed by atoms with Gasteiger partial charge in [-0.3, -0.25) is 9.59 Å². The summed E-state index contributed by atoms with van der Waals surface area (Å²) in [4.78, 5) is 27.5. The van der Waals surface area contributed by atoms with Crippen molar-refractivity contribution < 1.29 is 9.59 Å². The average Bonchev–Trinajstić information content (AvgIpc) is 2.67. The van der Waals surface area contributed by atoms with Gasteiger partial charge in [-0.05, 0) is 48.9 Å². The fourth-order valence-corrected chi connectivity index (χ4v) is 3.60. The van der Waals surface area contributed by atoms with Crippen molar-refractivity contribution in [1.29, 1.82) is 0 Å². The molecule has 0 saturated carbocycles. The largest absolute Gasteiger partial charge is 0.357 e. The summed E-state index contributed by atoms with van der Waals surface area (Å²) in [5.41, 5.74) is 0.925. The van der Waals surface area contributed by atoms with E-state index in [0.29, 0.717) is 28.8 Å². The van der Waals surface area contributed by atoms with Gasteiger partial charge in [0.2, 0.25) is 11.8 Å². The fourth-order valence-electron chi connectivity index (χ4n) is 2.51. The molecule has 0 aromatic heterocycles. The molecule has 0 spiro atoms. The number of likely N-dealkylation sites (N-methyl/N-ethyl adjacent to an activating group) is 1. The first kappa shape index (κ1) is 21.6. The van der Waals surface area contributed by atoms with Crippen molar-refractivity contribution >= 4 is 46.8 Å². The summed E-state index contributed by atoms with van der Waals surface area (Å²) in [6, 6.07) is 14.2. The van der Waals surface area contributed by atoms with E-state index in [9.17, 15) is 9.59 Å². The zero-order valence-electron chi connectivity index (χ0n) is 15.2. The van der Waals surface area contributed by atoms with Gasteiger partial charge in [0, 0.05) is 40.7 Å². The molecule has 2 aromatic carbocycles. The van der Waals surface area contributed by atoms with Gasteiger partial charge in [0.1, 0.15) is 6.04 Å². The third-order valence-corrected chi connectivity index (χ3v) is 5.60. The van der Waals surface area contributed by atoms with Crippen LogP contribution >= 0.6 is 35.0 Å². The molecule has 2 rings (SSSR count). The number of amides is 2. The zero-order chi connectivity index (χ0) is 19.8. The third-order valence-electron chi connectivity index (χ3n) is 4.08. The number of thioether (sulfide) groups is 1. The molecule has 0 aliphatic heterocycles. The highest BCUT2D eigenvalue weighted by atomic mass is 35.5. The molecule has 0 unspecified atom stereocenters. The molecule has 0 bridgehead atoms. The normalized spacial score (nSPS) is 11.7. The molecule has 27 heavy (non-hydrogen) atoms. The maximum atomic E-state index is 12.8. The van der Waals surface area contributed by atoms with Crippen LogP contribution in [0.4, 0.5) is 0 Å². The van der Waals surface area contributed by atoms with Gasteiger partial charge in [0.25, 0.3) is 0 Å². The number of halogens is 2. The quantitative estimate of drug-likeness (QED) is 0.627. The summed E-state index contributed by atoms with van der Waals surface area (Å²) in [6.07, 6.45) is 0.336. The van der Waals surface area contributed by atoms with Crippen molar-refractivity contribution in [2.24, 2.45) is 0 Å². The van der Waals surface area contributed by atoms with Crippen LogP contribution in [0.2, 0.25) is 10.0 Å². The third kappa shape index (κ3) is 6.76. The minimum absolute atomic E-state index is 0.0671. The molecule has 0 heterocycles. The van der Waals surface area contributed by atoms with Crippen molar-refractivity contribution in [2.45, 2.75) is 30.8 Å². The molecule has 2 amide bonds. The number of nitrogens with zero attached hydrogens (tertiary/aromatic N) is 1. The van der Waals surface area contributed by atoms with E-state index in [2.05, 4.69) is 5.32 Å². The van der Waals surface area contributed by atoms with E-state index in [0.717, 1.165) is 10.5 Å². The monoisotopic (exact) mass is 424 g/mol. The van der Waals surface area contributed by atoms with Crippen LogP contribution < -0.4 is 5.32 Å². The SMILES string of the molecule is CNC(=O)[C@@H](C)N(Cc1ccc(Cl)cc1)C(=O)CCSc1ccc(Cl)cc1. The molecule has 2 aromatic rings. The highest BCUT2D eigenvalue weighted by Crippen LogP contribution is 2.22. The Labute approximate surface area is 174 Å². The molecule has 0 aliphatic rings. The lowest BCUT2D eigenvalue weighted by Gasteiger charge is -2.28. The standard InChI is InChI=1S/C20H22Cl2N2O2S/c1-14(20(26)23-2)24(13-15-3-5-16(21)6-4-15)19(25)11-12-27-18-9-7-17(22)8-10-18/h3-10,14H,11-13H2,1-2H3,(H,23,26)/t14-/m1/s1. The molecular formula is C20H22Cl2N2O2S. The van der Waals surface area contributed by atoms with Crippen LogP contribution in [0.3, 0.4) is 0 Å². The lowest BCUT2D eigenvalue weighted by molar-refractivity contribution is -0.140. The Morgan fingerprint density at radius 2 is 1.59 bits per heavy atom. The van der Waals surface area contributed by atoms with Crippen molar-refractivity contribution in [1.82, 2.24) is 10.2 Å². The van der Waals surface area contributed by atoms with Gasteiger partial charge in [-0.1, -0.05) is 35.3 Å². The maximum Gasteiger partial charge on any atom is 0.242 e. The second kappa shape index (κ2) is 10.6. The van der Waals surface area contributed by atoms with Gasteiger partial charge >= 0.3 is 0 Å². The van der Waals surface area contributed by atoms with Crippen LogP contribution in [0, 0.1) is 0 Å². The number of hydrogen-bond donors (Lipinski definition) is 1. The summed E-state index contributed by atoms with van der Waals surface area (Å²) in [5.74, 6) is 0.364. The van der Waals surface area contributed by atoms with Gasteiger partial charge < -0.3 is 10.2 Å². The predicted octanol–water partition coefficient (Wildman–Crippen LogP) is 4.64. The lowest BCUT2D eigenvalue weighted by atomic mass is 10.1. The first-order valence-electron chi connectivity index (χ1n) is 8.54. The summed E-state index contributed by atoms with van der Waals surface area (Å²) in [5, 5.41) is 3.93. The molecule has 144 valence electrons. The van der Waals surface area contributed by atoms with E-state index in [1.807, 2.05) is 36.4 Å². The highest BCUT2D eigenvalue weighted by Gasteiger charge is 2.25. The molecule has 1 N–H and O–H groups in total. The topological polar surface area (TPSA) is 49.4 Å². The average molecular weight is 425 g/mol. The number of hydrogen-bond acceptors (Lipinski definition) is 3. The van der Waals surface area contributed by atoms with Gasteiger partial charge in [0.05, 0.1) is 0 Å². The van der Waals surface area contributed by atoms with Crippen LogP contribution in [0.5, 0.6) is 0 Å². The van der Waals surface area contributed by atoms with Crippen LogP contribution in [0.15, 0.2) is 53.4 Å². The molecule has 7 heteroatoms. The van der Waals surface area contributed by atoms with Crippen LogP contribution in [-0.4, -0.2) is 35.6 Å². The van der Waals surface area contributed by atoms with Crippen molar-refractivity contribution in [3.63, 3.8) is 0 Å². The Morgan fingerprint density at radius 1 is 1.04 bits per heavy atom. The number of nitrogens with one attached hydrogen (secondary N) is 1. The summed E-state index contributed by atoms with van der Waals surface area (Å²) < 4.78 is 0. The van der Waals surface area contributed by atoms with E-state index in [1.165, 1.54) is 0 Å². The minimum Gasteiger partial charge on any atom is -0.357 e. The molecule has 0 saturated heterocycles. The molecule has 0 radical (unpaired) electrons. The smallest absolute Gasteiger partial charge is 0.242 e. The van der Waals surface area contributed by atoms with Crippen LogP contribution in [0.1, 0.15) is 18.9 Å². The van der Waals surface area contributed by atoms with Crippen LogP contribution in [-0.2, 0) is 16.1 Å². The van der Waals surface area contributed by atoms with E-state index >= 15 is 0 Å². The number of carbonyl (C=O) groups excluding carboxylic acids is 2. The van der Waals surface area contributed by atoms with Crippen LogP contribution in [0.25, 0.3) is 0 Å². The number of benzene rings is 2. The Balaban J connectivity index is 2.02. The Bertz CT molecular complexity index is 767. The van der Waals surface area contributed by atoms with Gasteiger partial charge in [-0.25, -0.2) is 0 Å². The van der Waals surface area contributed by atoms with Crippen molar-refractivity contribution in [2.75, 3.05) is 12.8 Å². The van der Waals surface area contributed by atoms with E-state index in [1.54, 1.807) is 42.8 Å². The number of rotatable bonds is 8. The first-order valence-corrected chi connectivity index (χ1v) is 10.3. The van der Waals surface area contributed by atoms with E-state index < -0.39 is 6.04 Å². The van der Waals surface area contributed by atoms with E-state index in [-0.39, 0.29) is 11.8 Å². The number of carbonyl (C=O) groups is 2. The van der Waals surface area contributed by atoms with Gasteiger partial charge in [0.15, 0.2) is 0 Å². The zero-order valence-corrected chi connectivity index (χ0v) is 17.6. The minimum atomic E-state index is -0.557. The van der Waals surface area contributed by atoms with Crippen molar-refractivity contribution in [3.8, 4) is 0 Å². The molecule has 1 atom stereocenters. The second-order valence-electron chi connectivity index (χ2n) is 5.99. The Kier molecular flexibility index (Phi) is 8.48. The summed E-state index contributed by atoms with van der Waals surface area (Å²) >= 11 is 13.4.